The van der Waals surface area contributed by atoms with E-state index in [1.165, 1.54) is 0 Å². The highest BCUT2D eigenvalue weighted by molar-refractivity contribution is 14.1. The Kier molecular flexibility index (Phi) is 5.92. The number of carbonyl (C=O) groups excluding carboxylic acids is 2. The quantitative estimate of drug-likeness (QED) is 0.588. The Morgan fingerprint density at radius 1 is 0.905 bits per heavy atom. The van der Waals surface area contributed by atoms with Crippen LogP contribution in [0, 0.1) is 3.57 Å². The van der Waals surface area contributed by atoms with Crippen molar-refractivity contribution in [2.24, 2.45) is 0 Å². The predicted molar refractivity (Wildman–Crippen MR) is 92.4 cm³/mol. The van der Waals surface area contributed by atoms with E-state index in [-0.39, 0.29) is 11.7 Å². The molecular weight excluding hydrogens is 377 g/mol. The summed E-state index contributed by atoms with van der Waals surface area (Å²) in [6.07, 6.45) is 1.30. The molecule has 0 aliphatic rings. The molecule has 0 heterocycles. The highest BCUT2D eigenvalue weighted by Gasteiger charge is 2.07. The molecule has 2 rings (SSSR count). The van der Waals surface area contributed by atoms with E-state index in [1.807, 2.05) is 42.5 Å². The van der Waals surface area contributed by atoms with E-state index in [2.05, 4.69) is 27.9 Å². The summed E-state index contributed by atoms with van der Waals surface area (Å²) in [4.78, 5) is 23.7. The Hall–Kier alpha value is -1.69. The minimum absolute atomic E-state index is 0.0583. The Morgan fingerprint density at radius 3 is 2.24 bits per heavy atom. The van der Waals surface area contributed by atoms with Crippen LogP contribution in [0.5, 0.6) is 0 Å². The molecule has 3 nitrogen and oxygen atoms in total. The lowest BCUT2D eigenvalue weighted by Crippen LogP contribution is -2.12. The van der Waals surface area contributed by atoms with E-state index in [0.717, 1.165) is 9.26 Å². The molecule has 0 aliphatic heterocycles. The molecule has 1 amide bonds. The molecule has 1 N–H and O–H groups in total. The van der Waals surface area contributed by atoms with E-state index in [4.69, 9.17) is 0 Å². The van der Waals surface area contributed by atoms with E-state index < -0.39 is 0 Å². The van der Waals surface area contributed by atoms with Crippen LogP contribution in [0.4, 0.5) is 5.69 Å². The van der Waals surface area contributed by atoms with Crippen molar-refractivity contribution < 1.29 is 9.59 Å². The van der Waals surface area contributed by atoms with Gasteiger partial charge in [-0.15, -0.1) is 0 Å². The van der Waals surface area contributed by atoms with Gasteiger partial charge in [-0.1, -0.05) is 30.3 Å². The zero-order chi connectivity index (χ0) is 15.1. The predicted octanol–water partition coefficient (Wildman–Crippen LogP) is 4.28. The number of anilines is 1. The number of halogens is 1. The van der Waals surface area contributed by atoms with Crippen LogP contribution in [0.3, 0.4) is 0 Å². The van der Waals surface area contributed by atoms with Crippen LogP contribution in [0.15, 0.2) is 54.6 Å². The van der Waals surface area contributed by atoms with Gasteiger partial charge in [0.25, 0.3) is 0 Å². The minimum atomic E-state index is -0.0583. The average Bonchev–Trinajstić information content (AvgIpc) is 2.50. The van der Waals surface area contributed by atoms with Crippen LogP contribution in [-0.4, -0.2) is 11.7 Å². The summed E-state index contributed by atoms with van der Waals surface area (Å²) in [5, 5.41) is 2.83. The Morgan fingerprint density at radius 2 is 1.57 bits per heavy atom. The second-order valence-electron chi connectivity index (χ2n) is 4.70. The summed E-state index contributed by atoms with van der Waals surface area (Å²) >= 11 is 2.22. The van der Waals surface area contributed by atoms with Gasteiger partial charge in [0, 0.05) is 27.7 Å². The summed E-state index contributed by atoms with van der Waals surface area (Å²) in [7, 11) is 0. The average molecular weight is 393 g/mol. The smallest absolute Gasteiger partial charge is 0.224 e. The van der Waals surface area contributed by atoms with Crippen LogP contribution in [0.25, 0.3) is 0 Å². The number of Topliss-reactive ketones (excluding diaryl/α,β-unsaturated/α-hetero) is 1. The van der Waals surface area contributed by atoms with Crippen molar-refractivity contribution in [1.29, 1.82) is 0 Å². The maximum absolute atomic E-state index is 11.9. The van der Waals surface area contributed by atoms with Gasteiger partial charge in [0.2, 0.25) is 5.91 Å². The molecule has 2 aromatic rings. The number of ketones is 1. The SMILES string of the molecule is O=C(CCCC(=O)c1ccccc1)Nc1ccc(I)cc1. The van der Waals surface area contributed by atoms with Gasteiger partial charge in [0.15, 0.2) is 5.78 Å². The molecule has 0 spiro atoms. The fraction of sp³-hybridized carbons (Fsp3) is 0.176. The Bertz CT molecular complexity index is 608. The van der Waals surface area contributed by atoms with Crippen LogP contribution < -0.4 is 5.32 Å². The van der Waals surface area contributed by atoms with Gasteiger partial charge in [-0.25, -0.2) is 0 Å². The third-order valence-electron chi connectivity index (χ3n) is 3.03. The Labute approximate surface area is 137 Å². The molecule has 0 fully saturated rings. The number of carbonyl (C=O) groups is 2. The molecule has 108 valence electrons. The number of hydrogen-bond donors (Lipinski definition) is 1. The summed E-state index contributed by atoms with van der Waals surface area (Å²) in [5.41, 5.74) is 1.49. The van der Waals surface area contributed by atoms with Crippen molar-refractivity contribution in [2.75, 3.05) is 5.32 Å². The van der Waals surface area contributed by atoms with Crippen LogP contribution >= 0.6 is 22.6 Å². The highest BCUT2D eigenvalue weighted by Crippen LogP contribution is 2.12. The first-order valence-electron chi connectivity index (χ1n) is 6.79. The van der Waals surface area contributed by atoms with Gasteiger partial charge in [0.1, 0.15) is 0 Å². The van der Waals surface area contributed by atoms with Crippen molar-refractivity contribution in [3.8, 4) is 0 Å². The van der Waals surface area contributed by atoms with Gasteiger partial charge in [0.05, 0.1) is 0 Å². The number of nitrogens with one attached hydrogen (secondary N) is 1. The summed E-state index contributed by atoms with van der Waals surface area (Å²) in [6.45, 7) is 0. The zero-order valence-electron chi connectivity index (χ0n) is 11.5. The maximum Gasteiger partial charge on any atom is 0.224 e. The number of hydrogen-bond acceptors (Lipinski definition) is 2. The second-order valence-corrected chi connectivity index (χ2v) is 5.94. The third-order valence-corrected chi connectivity index (χ3v) is 3.75. The zero-order valence-corrected chi connectivity index (χ0v) is 13.7. The highest BCUT2D eigenvalue weighted by atomic mass is 127. The van der Waals surface area contributed by atoms with Gasteiger partial charge in [-0.05, 0) is 53.3 Å². The van der Waals surface area contributed by atoms with Crippen molar-refractivity contribution in [2.45, 2.75) is 19.3 Å². The van der Waals surface area contributed by atoms with E-state index in [0.29, 0.717) is 24.8 Å². The standard InChI is InChI=1S/C17H16INO2/c18-14-9-11-15(12-10-14)19-17(21)8-4-7-16(20)13-5-2-1-3-6-13/h1-3,5-6,9-12H,4,7-8H2,(H,19,21). The Balaban J connectivity index is 1.74. The monoisotopic (exact) mass is 393 g/mol. The molecule has 4 heteroatoms. The summed E-state index contributed by atoms with van der Waals surface area (Å²) < 4.78 is 1.12. The van der Waals surface area contributed by atoms with Gasteiger partial charge >= 0.3 is 0 Å². The lowest BCUT2D eigenvalue weighted by molar-refractivity contribution is -0.116. The van der Waals surface area contributed by atoms with E-state index >= 15 is 0 Å². The summed E-state index contributed by atoms with van der Waals surface area (Å²) in [5.74, 6) is 0.0229. The van der Waals surface area contributed by atoms with Gasteiger partial charge < -0.3 is 5.32 Å². The fourth-order valence-electron chi connectivity index (χ4n) is 1.93. The lowest BCUT2D eigenvalue weighted by Gasteiger charge is -2.05. The molecule has 2 aromatic carbocycles. The van der Waals surface area contributed by atoms with Gasteiger partial charge in [-0.3, -0.25) is 9.59 Å². The molecule has 0 saturated heterocycles. The molecular formula is C17H16INO2. The molecule has 0 saturated carbocycles. The first-order chi connectivity index (χ1) is 10.1. The van der Waals surface area contributed by atoms with Crippen LogP contribution in [0.1, 0.15) is 29.6 Å². The number of amides is 1. The first-order valence-corrected chi connectivity index (χ1v) is 7.87. The molecule has 0 unspecified atom stereocenters. The summed E-state index contributed by atoms with van der Waals surface area (Å²) in [6, 6.07) is 16.8. The lowest BCUT2D eigenvalue weighted by atomic mass is 10.1. The fourth-order valence-corrected chi connectivity index (χ4v) is 2.29. The first kappa shape index (κ1) is 15.7. The molecule has 0 radical (unpaired) electrons. The second kappa shape index (κ2) is 7.93. The van der Waals surface area contributed by atoms with Gasteiger partial charge in [-0.2, -0.15) is 0 Å². The van der Waals surface area contributed by atoms with E-state index in [1.54, 1.807) is 12.1 Å². The third kappa shape index (κ3) is 5.30. The van der Waals surface area contributed by atoms with Crippen molar-refractivity contribution in [3.63, 3.8) is 0 Å². The van der Waals surface area contributed by atoms with Crippen LogP contribution in [0.2, 0.25) is 0 Å². The minimum Gasteiger partial charge on any atom is -0.326 e. The largest absolute Gasteiger partial charge is 0.326 e. The van der Waals surface area contributed by atoms with Crippen LogP contribution in [-0.2, 0) is 4.79 Å². The molecule has 0 aliphatic carbocycles. The molecule has 0 bridgehead atoms. The topological polar surface area (TPSA) is 46.2 Å². The molecule has 0 atom stereocenters. The maximum atomic E-state index is 11.9. The molecule has 0 aromatic heterocycles. The van der Waals surface area contributed by atoms with Crippen molar-refractivity contribution >= 4 is 40.0 Å². The van der Waals surface area contributed by atoms with Crippen molar-refractivity contribution in [1.82, 2.24) is 0 Å². The number of rotatable bonds is 6. The molecule has 21 heavy (non-hydrogen) atoms. The van der Waals surface area contributed by atoms with E-state index in [9.17, 15) is 9.59 Å². The normalized spacial score (nSPS) is 10.1. The number of benzene rings is 2. The van der Waals surface area contributed by atoms with Crippen molar-refractivity contribution in [3.05, 3.63) is 63.7 Å².